The van der Waals surface area contributed by atoms with Gasteiger partial charge in [0.2, 0.25) is 0 Å². The fourth-order valence-electron chi connectivity index (χ4n) is 3.55. The van der Waals surface area contributed by atoms with Gasteiger partial charge in [-0.2, -0.15) is 11.8 Å². The summed E-state index contributed by atoms with van der Waals surface area (Å²) in [6.45, 7) is 2.08. The predicted molar refractivity (Wildman–Crippen MR) is 94.3 cm³/mol. The van der Waals surface area contributed by atoms with Gasteiger partial charge in [0.25, 0.3) is 0 Å². The lowest BCUT2D eigenvalue weighted by molar-refractivity contribution is 0.249. The Kier molecular flexibility index (Phi) is 7.17. The van der Waals surface area contributed by atoms with Crippen LogP contribution in [0.25, 0.3) is 0 Å². The summed E-state index contributed by atoms with van der Waals surface area (Å²) in [5.74, 6) is 0.974. The lowest BCUT2D eigenvalue weighted by atomic mass is 10.2. The van der Waals surface area contributed by atoms with Crippen molar-refractivity contribution in [1.82, 2.24) is 15.5 Å². The third-order valence-corrected chi connectivity index (χ3v) is 6.08. The van der Waals surface area contributed by atoms with Gasteiger partial charge in [-0.3, -0.25) is 4.99 Å². The molecule has 122 valence electrons. The molecule has 0 saturated heterocycles. The third-order valence-electron chi connectivity index (χ3n) is 4.99. The molecule has 0 aromatic rings. The topological polar surface area (TPSA) is 39.7 Å². The first-order valence-electron chi connectivity index (χ1n) is 8.43. The second-order valence-electron chi connectivity index (χ2n) is 6.43. The molecular weight excluding hydrogens is 280 g/mol. The van der Waals surface area contributed by atoms with Crippen molar-refractivity contribution < 1.29 is 0 Å². The Morgan fingerprint density at radius 3 is 2.62 bits per heavy atom. The molecule has 0 aliphatic heterocycles. The summed E-state index contributed by atoms with van der Waals surface area (Å²) in [5.41, 5.74) is 0. The molecule has 0 heterocycles. The van der Waals surface area contributed by atoms with Gasteiger partial charge in [0.05, 0.1) is 0 Å². The van der Waals surface area contributed by atoms with E-state index in [2.05, 4.69) is 33.8 Å². The maximum atomic E-state index is 4.37. The molecule has 0 spiro atoms. The predicted octanol–water partition coefficient (Wildman–Crippen LogP) is 2.31. The molecule has 2 N–H and O–H groups in total. The molecule has 0 aromatic heterocycles. The van der Waals surface area contributed by atoms with Crippen LogP contribution in [0.2, 0.25) is 0 Å². The fraction of sp³-hybridized carbons (Fsp3) is 0.938. The van der Waals surface area contributed by atoms with Crippen LogP contribution in [0.4, 0.5) is 0 Å². The molecule has 2 saturated carbocycles. The van der Waals surface area contributed by atoms with E-state index in [1.54, 1.807) is 0 Å². The standard InChI is InChI=1S/C16H32N4S/c1-17-16(19-13-8-9-15(12-13)21-3)18-10-11-20(2)14-6-4-5-7-14/h13-15H,4-12H2,1-3H3,(H2,17,18,19). The average molecular weight is 313 g/mol. The van der Waals surface area contributed by atoms with Crippen molar-refractivity contribution in [2.45, 2.75) is 62.3 Å². The van der Waals surface area contributed by atoms with Crippen LogP contribution >= 0.6 is 11.8 Å². The van der Waals surface area contributed by atoms with Crippen molar-refractivity contribution in [3.63, 3.8) is 0 Å². The third kappa shape index (κ3) is 5.37. The lowest BCUT2D eigenvalue weighted by Gasteiger charge is -2.25. The summed E-state index contributed by atoms with van der Waals surface area (Å²) >= 11 is 2.00. The Hall–Kier alpha value is -0.420. The van der Waals surface area contributed by atoms with Gasteiger partial charge in [0.15, 0.2) is 5.96 Å². The van der Waals surface area contributed by atoms with E-state index in [-0.39, 0.29) is 0 Å². The smallest absolute Gasteiger partial charge is 0.191 e. The highest BCUT2D eigenvalue weighted by atomic mass is 32.2. The van der Waals surface area contributed by atoms with E-state index >= 15 is 0 Å². The first-order valence-corrected chi connectivity index (χ1v) is 9.72. The van der Waals surface area contributed by atoms with Crippen molar-refractivity contribution in [3.05, 3.63) is 0 Å². The zero-order valence-corrected chi connectivity index (χ0v) is 14.7. The summed E-state index contributed by atoms with van der Waals surface area (Å²) in [6.07, 6.45) is 11.7. The number of nitrogens with one attached hydrogen (secondary N) is 2. The summed E-state index contributed by atoms with van der Waals surface area (Å²) in [7, 11) is 4.13. The van der Waals surface area contributed by atoms with Crippen LogP contribution in [0.1, 0.15) is 44.9 Å². The molecule has 5 heteroatoms. The Bertz CT molecular complexity index is 328. The van der Waals surface area contributed by atoms with E-state index in [4.69, 9.17) is 0 Å². The highest BCUT2D eigenvalue weighted by molar-refractivity contribution is 7.99. The van der Waals surface area contributed by atoms with E-state index < -0.39 is 0 Å². The minimum absolute atomic E-state index is 0.598. The number of likely N-dealkylation sites (N-methyl/N-ethyl adjacent to an activating group) is 1. The van der Waals surface area contributed by atoms with Gasteiger partial charge >= 0.3 is 0 Å². The molecule has 2 rings (SSSR count). The van der Waals surface area contributed by atoms with E-state index in [0.29, 0.717) is 6.04 Å². The largest absolute Gasteiger partial charge is 0.355 e. The second kappa shape index (κ2) is 8.89. The van der Waals surface area contributed by atoms with Crippen LogP contribution < -0.4 is 10.6 Å². The van der Waals surface area contributed by atoms with Gasteiger partial charge in [0, 0.05) is 37.5 Å². The first-order chi connectivity index (χ1) is 10.2. The number of nitrogens with zero attached hydrogens (tertiary/aromatic N) is 2. The zero-order chi connectivity index (χ0) is 15.1. The van der Waals surface area contributed by atoms with Gasteiger partial charge in [0.1, 0.15) is 0 Å². The SMILES string of the molecule is CN=C(NCCN(C)C1CCCC1)NC1CCC(SC)C1. The average Bonchev–Trinajstić information content (AvgIpc) is 3.17. The van der Waals surface area contributed by atoms with Crippen LogP contribution in [0.3, 0.4) is 0 Å². The molecule has 0 aromatic carbocycles. The highest BCUT2D eigenvalue weighted by Gasteiger charge is 2.24. The Balaban J connectivity index is 1.63. The van der Waals surface area contributed by atoms with Crippen molar-refractivity contribution in [3.8, 4) is 0 Å². The van der Waals surface area contributed by atoms with Gasteiger partial charge in [-0.25, -0.2) is 0 Å². The number of aliphatic imine (C=N–C) groups is 1. The van der Waals surface area contributed by atoms with Gasteiger partial charge in [-0.15, -0.1) is 0 Å². The maximum Gasteiger partial charge on any atom is 0.191 e. The van der Waals surface area contributed by atoms with Crippen LogP contribution in [-0.2, 0) is 0 Å². The molecular formula is C16H32N4S. The number of hydrogen-bond donors (Lipinski definition) is 2. The number of thioether (sulfide) groups is 1. The van der Waals surface area contributed by atoms with Crippen molar-refractivity contribution in [1.29, 1.82) is 0 Å². The Morgan fingerprint density at radius 1 is 1.24 bits per heavy atom. The van der Waals surface area contributed by atoms with Crippen molar-refractivity contribution >= 4 is 17.7 Å². The summed E-state index contributed by atoms with van der Waals surface area (Å²) < 4.78 is 0. The maximum absolute atomic E-state index is 4.37. The second-order valence-corrected chi connectivity index (χ2v) is 7.57. The lowest BCUT2D eigenvalue weighted by Crippen LogP contribution is -2.45. The molecule has 2 unspecified atom stereocenters. The Morgan fingerprint density at radius 2 is 2.00 bits per heavy atom. The molecule has 0 bridgehead atoms. The molecule has 0 radical (unpaired) electrons. The summed E-state index contributed by atoms with van der Waals surface area (Å²) in [5, 5.41) is 7.88. The van der Waals surface area contributed by atoms with Gasteiger partial charge in [-0.1, -0.05) is 12.8 Å². The zero-order valence-electron chi connectivity index (χ0n) is 13.9. The normalized spacial score (nSPS) is 27.5. The number of hydrogen-bond acceptors (Lipinski definition) is 3. The molecule has 2 fully saturated rings. The minimum atomic E-state index is 0.598. The highest BCUT2D eigenvalue weighted by Crippen LogP contribution is 2.28. The summed E-state index contributed by atoms with van der Waals surface area (Å²) in [4.78, 5) is 6.87. The molecule has 2 aliphatic carbocycles. The molecule has 4 nitrogen and oxygen atoms in total. The van der Waals surface area contributed by atoms with E-state index in [9.17, 15) is 0 Å². The minimum Gasteiger partial charge on any atom is -0.355 e. The van der Waals surface area contributed by atoms with Crippen LogP contribution in [0, 0.1) is 0 Å². The molecule has 2 aliphatic rings. The van der Waals surface area contributed by atoms with Crippen molar-refractivity contribution in [2.24, 2.45) is 4.99 Å². The Labute approximate surface area is 134 Å². The van der Waals surface area contributed by atoms with E-state index in [1.165, 1.54) is 44.9 Å². The molecule has 21 heavy (non-hydrogen) atoms. The fourth-order valence-corrected chi connectivity index (χ4v) is 4.35. The van der Waals surface area contributed by atoms with Crippen LogP contribution in [0.5, 0.6) is 0 Å². The number of guanidine groups is 1. The van der Waals surface area contributed by atoms with Crippen molar-refractivity contribution in [2.75, 3.05) is 33.4 Å². The summed E-state index contributed by atoms with van der Waals surface area (Å²) in [6, 6.07) is 1.40. The first kappa shape index (κ1) is 16.9. The monoisotopic (exact) mass is 312 g/mol. The van der Waals surface area contributed by atoms with Crippen LogP contribution in [0.15, 0.2) is 4.99 Å². The van der Waals surface area contributed by atoms with E-state index in [1.807, 2.05) is 18.8 Å². The molecule has 2 atom stereocenters. The number of rotatable bonds is 6. The van der Waals surface area contributed by atoms with Crippen LogP contribution in [-0.4, -0.2) is 61.6 Å². The van der Waals surface area contributed by atoms with Gasteiger partial charge in [-0.05, 0) is 45.4 Å². The quantitative estimate of drug-likeness (QED) is 0.583. The van der Waals surface area contributed by atoms with E-state index in [0.717, 1.165) is 30.3 Å². The van der Waals surface area contributed by atoms with Gasteiger partial charge < -0.3 is 15.5 Å². The molecule has 0 amide bonds.